The maximum Gasteiger partial charge on any atom is 0.162 e. The summed E-state index contributed by atoms with van der Waals surface area (Å²) in [5.74, 6) is 0.299. The van der Waals surface area contributed by atoms with E-state index in [4.69, 9.17) is 0 Å². The minimum absolute atomic E-state index is 0.299. The minimum Gasteiger partial charge on any atom is -0.294 e. The lowest BCUT2D eigenvalue weighted by Crippen LogP contribution is -2.00. The molecule has 0 saturated carbocycles. The molecule has 0 aliphatic carbocycles. The van der Waals surface area contributed by atoms with Crippen molar-refractivity contribution in [2.24, 2.45) is 0 Å². The second kappa shape index (κ2) is 7.26. The number of hydrogen-bond acceptors (Lipinski definition) is 1. The quantitative estimate of drug-likeness (QED) is 0.485. The molecule has 0 unspecified atom stereocenters. The van der Waals surface area contributed by atoms with Gasteiger partial charge in [0.05, 0.1) is 0 Å². The molecule has 0 N–H and O–H groups in total. The van der Waals surface area contributed by atoms with Crippen LogP contribution in [0.5, 0.6) is 0 Å². The van der Waals surface area contributed by atoms with Gasteiger partial charge in [-0.15, -0.1) is 0 Å². The Hall–Kier alpha value is -1.11. The predicted octanol–water partition coefficient (Wildman–Crippen LogP) is 4.85. The van der Waals surface area contributed by atoms with Gasteiger partial charge < -0.3 is 0 Å². The third-order valence-electron chi connectivity index (χ3n) is 3.05. The van der Waals surface area contributed by atoms with E-state index in [1.807, 2.05) is 26.0 Å². The lowest BCUT2D eigenvalue weighted by molar-refractivity contribution is 0.0979. The van der Waals surface area contributed by atoms with Gasteiger partial charge in [0, 0.05) is 12.0 Å². The number of hydrogen-bond donors (Lipinski definition) is 0. The van der Waals surface area contributed by atoms with Crippen LogP contribution in [0.1, 0.15) is 66.9 Å². The second-order valence-corrected chi connectivity index (χ2v) is 4.96. The molecule has 0 spiro atoms. The Morgan fingerprint density at radius 3 is 2.12 bits per heavy atom. The molecule has 1 aromatic carbocycles. The van der Waals surface area contributed by atoms with E-state index in [1.54, 1.807) is 0 Å². The van der Waals surface area contributed by atoms with E-state index in [-0.39, 0.29) is 0 Å². The van der Waals surface area contributed by atoms with E-state index in [1.165, 1.54) is 36.8 Å². The fourth-order valence-corrected chi connectivity index (χ4v) is 2.17. The van der Waals surface area contributed by atoms with Gasteiger partial charge in [0.15, 0.2) is 5.78 Å². The molecule has 0 atom stereocenters. The van der Waals surface area contributed by atoms with Crippen LogP contribution >= 0.6 is 0 Å². The summed E-state index contributed by atoms with van der Waals surface area (Å²) in [5.41, 5.74) is 3.25. The zero-order valence-corrected chi connectivity index (χ0v) is 11.4. The van der Waals surface area contributed by atoms with Gasteiger partial charge in [0.2, 0.25) is 0 Å². The first-order chi connectivity index (χ1) is 8.13. The number of unbranched alkanes of at least 4 members (excludes halogenated alkanes) is 4. The van der Waals surface area contributed by atoms with Crippen molar-refractivity contribution in [3.8, 4) is 0 Å². The van der Waals surface area contributed by atoms with Crippen molar-refractivity contribution in [1.29, 1.82) is 0 Å². The topological polar surface area (TPSA) is 17.1 Å². The van der Waals surface area contributed by atoms with Crippen LogP contribution in [-0.2, 0) is 0 Å². The summed E-state index contributed by atoms with van der Waals surface area (Å²) in [7, 11) is 0. The molecule has 0 fully saturated rings. The van der Waals surface area contributed by atoms with Crippen LogP contribution in [0.15, 0.2) is 18.2 Å². The van der Waals surface area contributed by atoms with Crippen molar-refractivity contribution < 1.29 is 4.79 Å². The molecule has 0 heterocycles. The van der Waals surface area contributed by atoms with Crippen LogP contribution in [0.2, 0.25) is 0 Å². The average Bonchev–Trinajstić information content (AvgIpc) is 2.27. The van der Waals surface area contributed by atoms with Gasteiger partial charge in [-0.05, 0) is 32.4 Å². The highest BCUT2D eigenvalue weighted by Gasteiger charge is 2.06. The molecule has 0 saturated heterocycles. The summed E-state index contributed by atoms with van der Waals surface area (Å²) in [5, 5.41) is 0. The molecule has 1 heteroatoms. The van der Waals surface area contributed by atoms with E-state index in [2.05, 4.69) is 13.0 Å². The summed E-state index contributed by atoms with van der Waals surface area (Å²) < 4.78 is 0. The molecule has 0 radical (unpaired) electrons. The number of Topliss-reactive ketones (excluding diaryl/α,β-unsaturated/α-hetero) is 1. The fraction of sp³-hybridized carbons (Fsp3) is 0.562. The highest BCUT2D eigenvalue weighted by molar-refractivity contribution is 5.96. The number of carbonyl (C=O) groups is 1. The smallest absolute Gasteiger partial charge is 0.162 e. The van der Waals surface area contributed by atoms with Crippen molar-refractivity contribution in [1.82, 2.24) is 0 Å². The van der Waals surface area contributed by atoms with Crippen molar-refractivity contribution in [3.05, 3.63) is 34.9 Å². The van der Waals surface area contributed by atoms with Crippen LogP contribution in [0.4, 0.5) is 0 Å². The fourth-order valence-electron chi connectivity index (χ4n) is 2.17. The van der Waals surface area contributed by atoms with Gasteiger partial charge in [0.1, 0.15) is 0 Å². The molecule has 0 aromatic heterocycles. The SMILES string of the molecule is CCCCCCCC(=O)c1cc(C)cc(C)c1. The molecule has 0 bridgehead atoms. The highest BCUT2D eigenvalue weighted by Crippen LogP contribution is 2.13. The van der Waals surface area contributed by atoms with Crippen molar-refractivity contribution >= 4 is 5.78 Å². The van der Waals surface area contributed by atoms with E-state index in [9.17, 15) is 4.79 Å². The van der Waals surface area contributed by atoms with Crippen LogP contribution < -0.4 is 0 Å². The first kappa shape index (κ1) is 14.0. The Kier molecular flexibility index (Phi) is 5.96. The average molecular weight is 232 g/mol. The molecule has 0 amide bonds. The van der Waals surface area contributed by atoms with Gasteiger partial charge in [-0.3, -0.25) is 4.79 Å². The van der Waals surface area contributed by atoms with E-state index in [0.717, 1.165) is 12.0 Å². The summed E-state index contributed by atoms with van der Waals surface area (Å²) in [4.78, 5) is 12.0. The number of aryl methyl sites for hydroxylation is 2. The molecule has 1 nitrogen and oxygen atoms in total. The summed E-state index contributed by atoms with van der Waals surface area (Å²) in [6, 6.07) is 6.11. The Balaban J connectivity index is 2.41. The third kappa shape index (κ3) is 5.16. The normalized spacial score (nSPS) is 10.5. The Bertz CT molecular complexity index is 346. The van der Waals surface area contributed by atoms with Gasteiger partial charge in [-0.2, -0.15) is 0 Å². The first-order valence-electron chi connectivity index (χ1n) is 6.75. The number of benzene rings is 1. The summed E-state index contributed by atoms with van der Waals surface area (Å²) >= 11 is 0. The van der Waals surface area contributed by atoms with Gasteiger partial charge >= 0.3 is 0 Å². The summed E-state index contributed by atoms with van der Waals surface area (Å²) in [6.45, 7) is 6.30. The highest BCUT2D eigenvalue weighted by atomic mass is 16.1. The number of rotatable bonds is 7. The molecule has 1 rings (SSSR count). The van der Waals surface area contributed by atoms with Gasteiger partial charge in [-0.25, -0.2) is 0 Å². The molecule has 94 valence electrons. The van der Waals surface area contributed by atoms with E-state index < -0.39 is 0 Å². The van der Waals surface area contributed by atoms with Gasteiger partial charge in [0.25, 0.3) is 0 Å². The van der Waals surface area contributed by atoms with Crippen LogP contribution in [-0.4, -0.2) is 5.78 Å². The van der Waals surface area contributed by atoms with Crippen LogP contribution in [0, 0.1) is 13.8 Å². The predicted molar refractivity (Wildman–Crippen MR) is 73.6 cm³/mol. The minimum atomic E-state index is 0.299. The maximum absolute atomic E-state index is 12.0. The van der Waals surface area contributed by atoms with Crippen LogP contribution in [0.25, 0.3) is 0 Å². The second-order valence-electron chi connectivity index (χ2n) is 4.96. The molecule has 17 heavy (non-hydrogen) atoms. The zero-order chi connectivity index (χ0) is 12.7. The maximum atomic E-state index is 12.0. The first-order valence-corrected chi connectivity index (χ1v) is 6.75. The number of carbonyl (C=O) groups excluding carboxylic acids is 1. The van der Waals surface area contributed by atoms with E-state index >= 15 is 0 Å². The van der Waals surface area contributed by atoms with Gasteiger partial charge in [-0.1, -0.05) is 49.8 Å². The Morgan fingerprint density at radius 2 is 1.53 bits per heavy atom. The van der Waals surface area contributed by atoms with Crippen molar-refractivity contribution in [2.45, 2.75) is 59.3 Å². The standard InChI is InChI=1S/C16H24O/c1-4-5-6-7-8-9-16(17)15-11-13(2)10-14(3)12-15/h10-12H,4-9H2,1-3H3. The Morgan fingerprint density at radius 1 is 0.941 bits per heavy atom. The monoisotopic (exact) mass is 232 g/mol. The van der Waals surface area contributed by atoms with Crippen LogP contribution in [0.3, 0.4) is 0 Å². The zero-order valence-electron chi connectivity index (χ0n) is 11.4. The lowest BCUT2D eigenvalue weighted by Gasteiger charge is -2.04. The van der Waals surface area contributed by atoms with Crippen molar-refractivity contribution in [3.63, 3.8) is 0 Å². The number of ketones is 1. The lowest BCUT2D eigenvalue weighted by atomic mass is 10.0. The molecule has 0 aliphatic heterocycles. The van der Waals surface area contributed by atoms with Crippen molar-refractivity contribution in [2.75, 3.05) is 0 Å². The Labute approximate surface area is 105 Å². The molecule has 1 aromatic rings. The van der Waals surface area contributed by atoms with E-state index in [0.29, 0.717) is 12.2 Å². The molecule has 0 aliphatic rings. The molecular formula is C16H24O. The third-order valence-corrected chi connectivity index (χ3v) is 3.05. The largest absolute Gasteiger partial charge is 0.294 e. The summed E-state index contributed by atoms with van der Waals surface area (Å²) in [6.07, 6.45) is 6.72. The molecular weight excluding hydrogens is 208 g/mol.